The molecule has 1 N–H and O–H groups in total. The summed E-state index contributed by atoms with van der Waals surface area (Å²) in [6.07, 6.45) is 12.8. The van der Waals surface area contributed by atoms with E-state index in [1.165, 1.54) is 11.0 Å². The SMILES string of the molecule is CN1CC=C(c2nccc3c2cnc2[nH]cc(-c4ccncc4)c23)CC1. The Balaban J connectivity index is 1.77. The summed E-state index contributed by atoms with van der Waals surface area (Å²) < 4.78 is 0. The molecule has 0 atom stereocenters. The molecule has 4 aromatic rings. The zero-order valence-electron chi connectivity index (χ0n) is 14.6. The number of pyridine rings is 3. The predicted molar refractivity (Wildman–Crippen MR) is 105 cm³/mol. The molecular formula is C21H19N5. The Morgan fingerprint density at radius 3 is 2.73 bits per heavy atom. The Morgan fingerprint density at radius 2 is 1.92 bits per heavy atom. The molecule has 1 aliphatic rings. The van der Waals surface area contributed by atoms with Gasteiger partial charge >= 0.3 is 0 Å². The molecule has 5 rings (SSSR count). The smallest absolute Gasteiger partial charge is 0.138 e. The summed E-state index contributed by atoms with van der Waals surface area (Å²) in [7, 11) is 2.15. The van der Waals surface area contributed by atoms with Crippen LogP contribution >= 0.6 is 0 Å². The maximum atomic E-state index is 4.70. The summed E-state index contributed by atoms with van der Waals surface area (Å²) >= 11 is 0. The lowest BCUT2D eigenvalue weighted by atomic mass is 9.97. The third kappa shape index (κ3) is 2.40. The van der Waals surface area contributed by atoms with Crippen LogP contribution in [0.3, 0.4) is 0 Å². The summed E-state index contributed by atoms with van der Waals surface area (Å²) in [6, 6.07) is 6.16. The normalized spacial score (nSPS) is 15.5. The summed E-state index contributed by atoms with van der Waals surface area (Å²) in [5, 5.41) is 3.45. The number of likely N-dealkylation sites (N-methyl/N-ethyl adjacent to an activating group) is 1. The highest BCUT2D eigenvalue weighted by Crippen LogP contribution is 2.35. The van der Waals surface area contributed by atoms with E-state index in [-0.39, 0.29) is 0 Å². The largest absolute Gasteiger partial charge is 0.345 e. The van der Waals surface area contributed by atoms with Gasteiger partial charge in [0.05, 0.1) is 5.69 Å². The van der Waals surface area contributed by atoms with Crippen LogP contribution in [0.25, 0.3) is 38.5 Å². The van der Waals surface area contributed by atoms with Gasteiger partial charge in [0.1, 0.15) is 5.65 Å². The molecule has 4 aromatic heterocycles. The minimum atomic E-state index is 0.902. The number of fused-ring (bicyclic) bond motifs is 3. The molecule has 128 valence electrons. The van der Waals surface area contributed by atoms with Gasteiger partial charge in [0.2, 0.25) is 0 Å². The van der Waals surface area contributed by atoms with E-state index in [2.05, 4.69) is 39.0 Å². The van der Waals surface area contributed by atoms with Gasteiger partial charge in [-0.25, -0.2) is 4.98 Å². The number of hydrogen-bond donors (Lipinski definition) is 1. The molecule has 0 bridgehead atoms. The molecule has 0 spiro atoms. The maximum Gasteiger partial charge on any atom is 0.138 e. The number of nitrogens with zero attached hydrogens (tertiary/aromatic N) is 4. The van der Waals surface area contributed by atoms with Gasteiger partial charge in [0, 0.05) is 60.4 Å². The molecule has 5 nitrogen and oxygen atoms in total. The van der Waals surface area contributed by atoms with Crippen LogP contribution in [0.15, 0.2) is 55.3 Å². The Morgan fingerprint density at radius 1 is 1.04 bits per heavy atom. The van der Waals surface area contributed by atoms with Crippen LogP contribution in [0.1, 0.15) is 12.1 Å². The average Bonchev–Trinajstić information content (AvgIpc) is 3.13. The lowest BCUT2D eigenvalue weighted by molar-refractivity contribution is 0.370. The zero-order chi connectivity index (χ0) is 17.5. The number of aromatic nitrogens is 4. The molecule has 26 heavy (non-hydrogen) atoms. The Kier molecular flexibility index (Phi) is 3.53. The van der Waals surface area contributed by atoms with Crippen molar-refractivity contribution in [3.8, 4) is 11.1 Å². The van der Waals surface area contributed by atoms with Gasteiger partial charge in [-0.1, -0.05) is 6.08 Å². The van der Waals surface area contributed by atoms with Crippen molar-refractivity contribution < 1.29 is 0 Å². The van der Waals surface area contributed by atoms with Gasteiger partial charge in [0.25, 0.3) is 0 Å². The van der Waals surface area contributed by atoms with E-state index in [4.69, 9.17) is 4.98 Å². The summed E-state index contributed by atoms with van der Waals surface area (Å²) in [4.78, 5) is 19.1. The van der Waals surface area contributed by atoms with E-state index >= 15 is 0 Å². The van der Waals surface area contributed by atoms with E-state index in [1.54, 1.807) is 0 Å². The third-order valence-electron chi connectivity index (χ3n) is 5.15. The molecule has 0 saturated heterocycles. The highest BCUT2D eigenvalue weighted by atomic mass is 15.1. The van der Waals surface area contributed by atoms with E-state index < -0.39 is 0 Å². The number of H-pyrrole nitrogens is 1. The summed E-state index contributed by atoms with van der Waals surface area (Å²) in [5.41, 5.74) is 5.56. The van der Waals surface area contributed by atoms with Gasteiger partial charge in [-0.05, 0) is 48.2 Å². The summed E-state index contributed by atoms with van der Waals surface area (Å²) in [6.45, 7) is 2.03. The fourth-order valence-electron chi connectivity index (χ4n) is 3.74. The molecule has 0 amide bonds. The molecule has 0 fully saturated rings. The second-order valence-electron chi connectivity index (χ2n) is 6.78. The van der Waals surface area contributed by atoms with Gasteiger partial charge in [-0.15, -0.1) is 0 Å². The molecule has 0 aliphatic carbocycles. The molecule has 0 radical (unpaired) electrons. The Bertz CT molecular complexity index is 1130. The van der Waals surface area contributed by atoms with Gasteiger partial charge < -0.3 is 9.88 Å². The van der Waals surface area contributed by atoms with Crippen LogP contribution in [0.5, 0.6) is 0 Å². The standard InChI is InChI=1S/C21H19N5/c1-26-10-5-15(6-11-26)20-18-13-25-21-19(16(18)4-9-23-20)17(12-24-21)14-2-7-22-8-3-14/h2-5,7-9,12-13H,6,10-11H2,1H3,(H,24,25). The maximum absolute atomic E-state index is 4.70. The van der Waals surface area contributed by atoms with Crippen molar-refractivity contribution in [3.63, 3.8) is 0 Å². The minimum Gasteiger partial charge on any atom is -0.345 e. The molecule has 5 heteroatoms. The van der Waals surface area contributed by atoms with Crippen molar-refractivity contribution in [1.82, 2.24) is 24.8 Å². The van der Waals surface area contributed by atoms with Crippen molar-refractivity contribution in [2.75, 3.05) is 20.1 Å². The summed E-state index contributed by atoms with van der Waals surface area (Å²) in [5.74, 6) is 0. The van der Waals surface area contributed by atoms with Gasteiger partial charge in [-0.3, -0.25) is 9.97 Å². The first kappa shape index (κ1) is 15.2. The van der Waals surface area contributed by atoms with Gasteiger partial charge in [-0.2, -0.15) is 0 Å². The number of aromatic amines is 1. The quantitative estimate of drug-likeness (QED) is 0.601. The Hall–Kier alpha value is -3.05. The van der Waals surface area contributed by atoms with E-state index in [9.17, 15) is 0 Å². The number of hydrogen-bond acceptors (Lipinski definition) is 4. The highest BCUT2D eigenvalue weighted by molar-refractivity contribution is 6.13. The predicted octanol–water partition coefficient (Wildman–Crippen LogP) is 3.89. The van der Waals surface area contributed by atoms with E-state index in [1.807, 2.05) is 43.1 Å². The fraction of sp³-hybridized carbons (Fsp3) is 0.190. The van der Waals surface area contributed by atoms with Crippen LogP contribution in [-0.2, 0) is 0 Å². The second kappa shape index (κ2) is 6.04. The molecular weight excluding hydrogens is 322 g/mol. The average molecular weight is 341 g/mol. The molecule has 0 saturated carbocycles. The first-order valence-electron chi connectivity index (χ1n) is 8.84. The second-order valence-corrected chi connectivity index (χ2v) is 6.78. The highest BCUT2D eigenvalue weighted by Gasteiger charge is 2.17. The topological polar surface area (TPSA) is 57.7 Å². The van der Waals surface area contributed by atoms with Crippen LogP contribution in [0.2, 0.25) is 0 Å². The number of rotatable bonds is 2. The first-order valence-corrected chi connectivity index (χ1v) is 8.84. The van der Waals surface area contributed by atoms with Crippen LogP contribution < -0.4 is 0 Å². The zero-order valence-corrected chi connectivity index (χ0v) is 14.6. The molecule has 0 aromatic carbocycles. The van der Waals surface area contributed by atoms with Crippen molar-refractivity contribution in [2.45, 2.75) is 6.42 Å². The minimum absolute atomic E-state index is 0.902. The molecule has 0 unspecified atom stereocenters. The van der Waals surface area contributed by atoms with Crippen LogP contribution in [-0.4, -0.2) is 45.0 Å². The fourth-order valence-corrected chi connectivity index (χ4v) is 3.74. The van der Waals surface area contributed by atoms with Crippen molar-refractivity contribution >= 4 is 27.4 Å². The van der Waals surface area contributed by atoms with Crippen LogP contribution in [0, 0.1) is 0 Å². The Labute approximate surface area is 151 Å². The van der Waals surface area contributed by atoms with Gasteiger partial charge in [0.15, 0.2) is 0 Å². The molecule has 1 aliphatic heterocycles. The lowest BCUT2D eigenvalue weighted by Crippen LogP contribution is -2.23. The van der Waals surface area contributed by atoms with Crippen molar-refractivity contribution in [1.29, 1.82) is 0 Å². The van der Waals surface area contributed by atoms with E-state index in [0.717, 1.165) is 52.8 Å². The molecule has 5 heterocycles. The van der Waals surface area contributed by atoms with Crippen molar-refractivity contribution in [2.24, 2.45) is 0 Å². The number of nitrogens with one attached hydrogen (secondary N) is 1. The van der Waals surface area contributed by atoms with E-state index in [0.29, 0.717) is 0 Å². The monoisotopic (exact) mass is 341 g/mol. The van der Waals surface area contributed by atoms with Crippen molar-refractivity contribution in [3.05, 3.63) is 61.0 Å². The lowest BCUT2D eigenvalue weighted by Gasteiger charge is -2.22. The first-order chi connectivity index (χ1) is 12.8. The third-order valence-corrected chi connectivity index (χ3v) is 5.15. The van der Waals surface area contributed by atoms with Crippen LogP contribution in [0.4, 0.5) is 0 Å².